The number of carbonyl (C=O) groups excluding carboxylic acids is 2. The molecule has 2 radical (unpaired) electrons. The van der Waals surface area contributed by atoms with Crippen LogP contribution in [0.15, 0.2) is 60.9 Å². The Morgan fingerprint density at radius 1 is 1.08 bits per heavy atom. The van der Waals surface area contributed by atoms with Gasteiger partial charge in [0.05, 0.1) is 11.5 Å². The Balaban J connectivity index is 1.31. The van der Waals surface area contributed by atoms with Crippen LogP contribution in [-0.4, -0.2) is 84.4 Å². The van der Waals surface area contributed by atoms with Crippen LogP contribution in [0.1, 0.15) is 5.56 Å². The summed E-state index contributed by atoms with van der Waals surface area (Å²) >= 11 is 0. The smallest absolute Gasteiger partial charge is 0.410 e. The monoisotopic (exact) mass is 515 g/mol. The van der Waals surface area contributed by atoms with Crippen LogP contribution in [0.3, 0.4) is 0 Å². The van der Waals surface area contributed by atoms with Crippen LogP contribution in [0.4, 0.5) is 16.4 Å². The lowest BCUT2D eigenvalue weighted by molar-refractivity contribution is -0.384. The van der Waals surface area contributed by atoms with Crippen LogP contribution >= 0.6 is 0 Å². The van der Waals surface area contributed by atoms with Gasteiger partial charge < -0.3 is 24.7 Å². The SMILES string of the molecule is [B]NCC(=O)N(C)Cc1cccc(-c2cnc(N3CCN(C(=O)Oc4ccc([N+](=O)[O-])cc4)CC3)nc2)c1. The molecule has 0 bridgehead atoms. The highest BCUT2D eigenvalue weighted by atomic mass is 16.6. The van der Waals surface area contributed by atoms with Gasteiger partial charge in [-0.15, -0.1) is 0 Å². The molecule has 0 aliphatic carbocycles. The molecule has 0 unspecified atom stereocenters. The third-order valence-corrected chi connectivity index (χ3v) is 6.07. The number of amides is 2. The molecule has 1 aliphatic rings. The molecule has 1 aliphatic heterocycles. The third kappa shape index (κ3) is 6.62. The van der Waals surface area contributed by atoms with Crippen molar-refractivity contribution in [2.45, 2.75) is 6.54 Å². The molecule has 1 fully saturated rings. The first kappa shape index (κ1) is 26.5. The molecule has 2 heterocycles. The summed E-state index contributed by atoms with van der Waals surface area (Å²) < 4.78 is 5.34. The highest BCUT2D eigenvalue weighted by Crippen LogP contribution is 2.22. The van der Waals surface area contributed by atoms with E-state index in [1.54, 1.807) is 29.2 Å². The van der Waals surface area contributed by atoms with Crippen molar-refractivity contribution >= 4 is 31.6 Å². The van der Waals surface area contributed by atoms with Crippen LogP contribution in [0, 0.1) is 10.1 Å². The van der Waals surface area contributed by atoms with E-state index in [4.69, 9.17) is 12.7 Å². The first-order chi connectivity index (χ1) is 18.3. The zero-order chi connectivity index (χ0) is 27.1. The number of ether oxygens (including phenoxy) is 1. The number of piperazine rings is 1. The van der Waals surface area contributed by atoms with Crippen molar-refractivity contribution in [3.63, 3.8) is 0 Å². The maximum atomic E-state index is 12.5. The predicted molar refractivity (Wildman–Crippen MR) is 141 cm³/mol. The number of non-ortho nitro benzene ring substituents is 1. The largest absolute Gasteiger partial charge is 0.415 e. The minimum Gasteiger partial charge on any atom is -0.410 e. The minimum atomic E-state index is -0.513. The Labute approximate surface area is 220 Å². The fraction of sp³-hybridized carbons (Fsp3) is 0.280. The maximum Gasteiger partial charge on any atom is 0.415 e. The summed E-state index contributed by atoms with van der Waals surface area (Å²) in [5.41, 5.74) is 2.68. The summed E-state index contributed by atoms with van der Waals surface area (Å²) in [6, 6.07) is 13.2. The number of benzene rings is 2. The zero-order valence-corrected chi connectivity index (χ0v) is 20.8. The minimum absolute atomic E-state index is 0.0702. The second-order valence-electron chi connectivity index (χ2n) is 8.70. The molecular weight excluding hydrogens is 489 g/mol. The van der Waals surface area contributed by atoms with Crippen LogP contribution in [0.5, 0.6) is 5.75 Å². The van der Waals surface area contributed by atoms with Crippen LogP contribution < -0.4 is 14.9 Å². The summed E-state index contributed by atoms with van der Waals surface area (Å²) in [5.74, 6) is 0.704. The van der Waals surface area contributed by atoms with Gasteiger partial charge in [0, 0.05) is 69.9 Å². The zero-order valence-electron chi connectivity index (χ0n) is 20.8. The van der Waals surface area contributed by atoms with Crippen LogP contribution in [-0.2, 0) is 11.3 Å². The number of carbonyl (C=O) groups is 2. The molecule has 2 amide bonds. The first-order valence-corrected chi connectivity index (χ1v) is 11.9. The van der Waals surface area contributed by atoms with Crippen LogP contribution in [0.25, 0.3) is 11.1 Å². The van der Waals surface area contributed by atoms with Gasteiger partial charge in [-0.25, -0.2) is 14.8 Å². The topological polar surface area (TPSA) is 134 Å². The van der Waals surface area contributed by atoms with E-state index in [9.17, 15) is 19.7 Å². The normalized spacial score (nSPS) is 13.2. The molecule has 2 aromatic carbocycles. The van der Waals surface area contributed by atoms with E-state index in [1.807, 2.05) is 29.2 Å². The number of likely N-dealkylation sites (N-methyl/N-ethyl adjacent to an activating group) is 1. The molecule has 1 saturated heterocycles. The van der Waals surface area contributed by atoms with Gasteiger partial charge in [-0.2, -0.15) is 0 Å². The van der Waals surface area contributed by atoms with E-state index in [2.05, 4.69) is 15.2 Å². The molecule has 38 heavy (non-hydrogen) atoms. The molecule has 1 aromatic heterocycles. The summed E-state index contributed by atoms with van der Waals surface area (Å²) in [5, 5.41) is 13.1. The standard InChI is InChI=1S/C25H26BN7O5/c1-30(23(34)16-29-26)17-18-3-2-4-19(13-18)20-14-27-24(28-15-20)31-9-11-32(12-10-31)25(35)38-22-7-5-21(6-8-22)33(36)37/h2-8,13-15,29H,9-12,16-17H2,1H3. The Bertz CT molecular complexity index is 1280. The molecule has 4 rings (SSSR count). The van der Waals surface area contributed by atoms with E-state index in [0.29, 0.717) is 38.7 Å². The molecule has 3 aromatic rings. The number of nitro benzene ring substituents is 1. The van der Waals surface area contributed by atoms with Crippen LogP contribution in [0.2, 0.25) is 0 Å². The average molecular weight is 515 g/mol. The lowest BCUT2D eigenvalue weighted by Gasteiger charge is -2.34. The fourth-order valence-electron chi connectivity index (χ4n) is 3.96. The van der Waals surface area contributed by atoms with Crippen molar-refractivity contribution in [1.29, 1.82) is 0 Å². The summed E-state index contributed by atoms with van der Waals surface area (Å²) in [6.07, 6.45) is 3.00. The molecule has 1 N–H and O–H groups in total. The number of rotatable bonds is 8. The van der Waals surface area contributed by atoms with Gasteiger partial charge in [-0.05, 0) is 29.3 Å². The lowest BCUT2D eigenvalue weighted by Crippen LogP contribution is -2.50. The quantitative estimate of drug-likeness (QED) is 0.272. The van der Waals surface area contributed by atoms with Gasteiger partial charge in [0.25, 0.3) is 5.69 Å². The second-order valence-corrected chi connectivity index (χ2v) is 8.70. The second kappa shape index (κ2) is 12.1. The van der Waals surface area contributed by atoms with Gasteiger partial charge in [-0.3, -0.25) is 14.9 Å². The number of nitrogens with one attached hydrogen (secondary N) is 1. The predicted octanol–water partition coefficient (Wildman–Crippen LogP) is 2.00. The van der Waals surface area contributed by atoms with Gasteiger partial charge in [0.15, 0.2) is 7.98 Å². The Morgan fingerprint density at radius 2 is 1.76 bits per heavy atom. The van der Waals surface area contributed by atoms with Gasteiger partial charge in [0.1, 0.15) is 5.75 Å². The Morgan fingerprint density at radius 3 is 2.39 bits per heavy atom. The Kier molecular flexibility index (Phi) is 8.49. The van der Waals surface area contributed by atoms with E-state index >= 15 is 0 Å². The first-order valence-electron chi connectivity index (χ1n) is 11.9. The van der Waals surface area contributed by atoms with Crippen molar-refractivity contribution in [2.75, 3.05) is 44.7 Å². The molecule has 194 valence electrons. The Hall–Kier alpha value is -4.52. The summed E-state index contributed by atoms with van der Waals surface area (Å²) in [7, 11) is 6.95. The van der Waals surface area contributed by atoms with E-state index in [0.717, 1.165) is 16.7 Å². The average Bonchev–Trinajstić information content (AvgIpc) is 2.94. The van der Waals surface area contributed by atoms with Gasteiger partial charge >= 0.3 is 6.09 Å². The van der Waals surface area contributed by atoms with Gasteiger partial charge in [-0.1, -0.05) is 18.2 Å². The number of hydrogen-bond donors (Lipinski definition) is 1. The van der Waals surface area contributed by atoms with Crippen molar-refractivity contribution < 1.29 is 19.2 Å². The number of hydrogen-bond acceptors (Lipinski definition) is 9. The summed E-state index contributed by atoms with van der Waals surface area (Å²) in [4.78, 5) is 48.9. The van der Waals surface area contributed by atoms with Crippen molar-refractivity contribution in [3.8, 4) is 16.9 Å². The third-order valence-electron chi connectivity index (χ3n) is 6.07. The number of aromatic nitrogens is 2. The number of nitrogens with zero attached hydrogens (tertiary/aromatic N) is 6. The highest BCUT2D eigenvalue weighted by molar-refractivity contribution is 6.06. The van der Waals surface area contributed by atoms with Crippen molar-refractivity contribution in [2.24, 2.45) is 0 Å². The van der Waals surface area contributed by atoms with Crippen molar-refractivity contribution in [3.05, 3.63) is 76.6 Å². The molecule has 0 atom stereocenters. The molecular formula is C25H26BN7O5. The maximum absolute atomic E-state index is 12.5. The summed E-state index contributed by atoms with van der Waals surface area (Å²) in [6.45, 7) is 2.42. The number of anilines is 1. The lowest BCUT2D eigenvalue weighted by atomic mass is 10.1. The van der Waals surface area contributed by atoms with E-state index < -0.39 is 11.0 Å². The molecule has 12 nitrogen and oxygen atoms in total. The highest BCUT2D eigenvalue weighted by Gasteiger charge is 2.24. The molecule has 13 heteroatoms. The fourth-order valence-corrected chi connectivity index (χ4v) is 3.96. The van der Waals surface area contributed by atoms with E-state index in [-0.39, 0.29) is 23.9 Å². The molecule has 0 saturated carbocycles. The number of nitro groups is 1. The van der Waals surface area contributed by atoms with E-state index in [1.165, 1.54) is 24.3 Å². The van der Waals surface area contributed by atoms with Gasteiger partial charge in [0.2, 0.25) is 11.9 Å². The van der Waals surface area contributed by atoms with Crippen molar-refractivity contribution in [1.82, 2.24) is 25.0 Å². The molecule has 0 spiro atoms.